The molecule has 0 bridgehead atoms. The molecule has 14 nitrogen and oxygen atoms in total. The third-order valence-corrected chi connectivity index (χ3v) is 4.35. The van der Waals surface area contributed by atoms with Crippen LogP contribution in [0.5, 0.6) is 0 Å². The average Bonchev–Trinajstić information content (AvgIpc) is 2.71. The van der Waals surface area contributed by atoms with E-state index in [0.717, 1.165) is 0 Å². The van der Waals surface area contributed by atoms with Gasteiger partial charge in [-0.2, -0.15) is 0 Å². The van der Waals surface area contributed by atoms with Crippen molar-refractivity contribution in [3.8, 4) is 0 Å². The molecule has 1 saturated heterocycles. The largest absolute Gasteiger partial charge is 0.480 e. The predicted octanol–water partition coefficient (Wildman–Crippen LogP) is -5.31. The summed E-state index contributed by atoms with van der Waals surface area (Å²) in [4.78, 5) is 45.0. The molecule has 9 N–H and O–H groups in total. The lowest BCUT2D eigenvalue weighted by Gasteiger charge is -2.40. The van der Waals surface area contributed by atoms with E-state index in [1.165, 1.54) is 0 Å². The van der Waals surface area contributed by atoms with E-state index in [1.54, 1.807) is 0 Å². The Bertz CT molecular complexity index is 617. The first-order valence-corrected chi connectivity index (χ1v) is 9.11. The van der Waals surface area contributed by atoms with Gasteiger partial charge in [0, 0.05) is 0 Å². The predicted molar refractivity (Wildman–Crippen MR) is 96.6 cm³/mol. The fraction of sp³-hybridized carbons (Fsp3) is 0.750. The minimum absolute atomic E-state index is 0.0288. The van der Waals surface area contributed by atoms with Crippen molar-refractivity contribution in [3.63, 3.8) is 0 Å². The summed E-state index contributed by atoms with van der Waals surface area (Å²) in [6, 6.07) is -1.33. The van der Waals surface area contributed by atoms with Gasteiger partial charge in [0.25, 0.3) is 0 Å². The standard InChI is InChI=1S/C16H27N4O10/c17-7(1-2-8-13(26)15(28)14(27)9(6-21)30-8)16(29)20-4-11(23)18-3-10(22)19-5-12(24)25/h7-9,13-15,17,21,26-28H,1-6H2,(H,18,23)(H,19,22)(H,20,29)(H,24,25)/t7-,8-,9?,13?,14-,15+/m0/s1. The summed E-state index contributed by atoms with van der Waals surface area (Å²) in [6.45, 7) is -2.18. The van der Waals surface area contributed by atoms with Gasteiger partial charge in [0.1, 0.15) is 37.0 Å². The second-order valence-corrected chi connectivity index (χ2v) is 6.66. The van der Waals surface area contributed by atoms with Gasteiger partial charge in [-0.1, -0.05) is 0 Å². The molecule has 0 aliphatic carbocycles. The summed E-state index contributed by atoms with van der Waals surface area (Å²) in [6.07, 6.45) is -6.73. The number of ether oxygens (including phenoxy) is 1. The van der Waals surface area contributed by atoms with Crippen LogP contribution < -0.4 is 21.7 Å². The van der Waals surface area contributed by atoms with Gasteiger partial charge in [-0.25, -0.2) is 5.73 Å². The van der Waals surface area contributed by atoms with E-state index >= 15 is 0 Å². The van der Waals surface area contributed by atoms with E-state index in [-0.39, 0.29) is 12.8 Å². The van der Waals surface area contributed by atoms with Crippen LogP contribution in [-0.2, 0) is 23.9 Å². The molecule has 0 spiro atoms. The highest BCUT2D eigenvalue weighted by atomic mass is 16.5. The maximum atomic E-state index is 11.9. The number of carboxylic acid groups (broad SMARTS) is 1. The van der Waals surface area contributed by atoms with E-state index in [9.17, 15) is 34.5 Å². The Labute approximate surface area is 171 Å². The summed E-state index contributed by atoms with van der Waals surface area (Å²) >= 11 is 0. The molecule has 0 aromatic rings. The van der Waals surface area contributed by atoms with Gasteiger partial charge in [-0.3, -0.25) is 19.2 Å². The highest BCUT2D eigenvalue weighted by Crippen LogP contribution is 2.24. The zero-order chi connectivity index (χ0) is 22.8. The van der Waals surface area contributed by atoms with Crippen molar-refractivity contribution in [1.29, 1.82) is 0 Å². The first kappa shape index (κ1) is 25.7. The monoisotopic (exact) mass is 435 g/mol. The number of hydrogen-bond acceptors (Lipinski definition) is 9. The van der Waals surface area contributed by atoms with Crippen molar-refractivity contribution >= 4 is 23.7 Å². The molecule has 1 fully saturated rings. The molecule has 1 aliphatic rings. The van der Waals surface area contributed by atoms with Gasteiger partial charge in [0.05, 0.1) is 25.8 Å². The third-order valence-electron chi connectivity index (χ3n) is 4.35. The highest BCUT2D eigenvalue weighted by molar-refractivity contribution is 5.90. The maximum Gasteiger partial charge on any atom is 0.322 e. The molecule has 6 atom stereocenters. The summed E-state index contributed by atoms with van der Waals surface area (Å²) in [5.74, 6) is -3.50. The Balaban J connectivity index is 2.33. The van der Waals surface area contributed by atoms with Gasteiger partial charge in [0.2, 0.25) is 17.7 Å². The fourth-order valence-electron chi connectivity index (χ4n) is 2.65. The zero-order valence-electron chi connectivity index (χ0n) is 16.0. The number of nitrogens with one attached hydrogen (secondary N) is 4. The summed E-state index contributed by atoms with van der Waals surface area (Å²) in [5.41, 5.74) is 7.79. The number of aliphatic carboxylic acids is 1. The quantitative estimate of drug-likeness (QED) is 0.153. The molecule has 0 aromatic heterocycles. The SMILES string of the molecule is [NH][C@@H](CC[C@@H]1OC(CO)[C@H](O)[C@H](O)C1O)C(=O)NCC(=O)NCC(=O)NCC(=O)O. The average molecular weight is 435 g/mol. The van der Waals surface area contributed by atoms with E-state index in [1.807, 2.05) is 5.32 Å². The topological polar surface area (TPSA) is 239 Å². The van der Waals surface area contributed by atoms with Crippen molar-refractivity contribution in [2.24, 2.45) is 0 Å². The Morgan fingerprint density at radius 1 is 0.867 bits per heavy atom. The van der Waals surface area contributed by atoms with Crippen molar-refractivity contribution < 1.29 is 49.4 Å². The molecule has 1 radical (unpaired) electrons. The van der Waals surface area contributed by atoms with Gasteiger partial charge >= 0.3 is 5.97 Å². The minimum Gasteiger partial charge on any atom is -0.480 e. The van der Waals surface area contributed by atoms with E-state index in [4.69, 9.17) is 20.7 Å². The third kappa shape index (κ3) is 8.17. The first-order chi connectivity index (χ1) is 14.1. The molecule has 1 heterocycles. The molecule has 3 amide bonds. The van der Waals surface area contributed by atoms with Crippen LogP contribution in [0.15, 0.2) is 0 Å². The van der Waals surface area contributed by atoms with Crippen molar-refractivity contribution in [2.75, 3.05) is 26.2 Å². The summed E-state index contributed by atoms with van der Waals surface area (Å²) in [5, 5.41) is 53.3. The molecule has 0 saturated carbocycles. The van der Waals surface area contributed by atoms with Gasteiger partial charge in [0.15, 0.2) is 0 Å². The molecular weight excluding hydrogens is 408 g/mol. The van der Waals surface area contributed by atoms with Crippen LogP contribution in [0.3, 0.4) is 0 Å². The van der Waals surface area contributed by atoms with Crippen LogP contribution in [0.4, 0.5) is 0 Å². The highest BCUT2D eigenvalue weighted by Gasteiger charge is 2.43. The number of aliphatic hydroxyl groups is 4. The second kappa shape index (κ2) is 12.4. The van der Waals surface area contributed by atoms with E-state index in [0.29, 0.717) is 0 Å². The Kier molecular flexibility index (Phi) is 10.6. The first-order valence-electron chi connectivity index (χ1n) is 9.11. The number of carboxylic acids is 1. The molecule has 2 unspecified atom stereocenters. The van der Waals surface area contributed by atoms with Crippen molar-refractivity contribution in [3.05, 3.63) is 0 Å². The van der Waals surface area contributed by atoms with Crippen LogP contribution in [0.2, 0.25) is 0 Å². The van der Waals surface area contributed by atoms with Crippen LogP contribution in [0.25, 0.3) is 0 Å². The Morgan fingerprint density at radius 2 is 1.40 bits per heavy atom. The van der Waals surface area contributed by atoms with Gasteiger partial charge in [-0.05, 0) is 12.8 Å². The summed E-state index contributed by atoms with van der Waals surface area (Å²) in [7, 11) is 0. The zero-order valence-corrected chi connectivity index (χ0v) is 16.0. The number of hydrogen-bond donors (Lipinski definition) is 8. The van der Waals surface area contributed by atoms with Gasteiger partial charge in [-0.15, -0.1) is 0 Å². The van der Waals surface area contributed by atoms with Crippen LogP contribution >= 0.6 is 0 Å². The lowest BCUT2D eigenvalue weighted by atomic mass is 9.92. The fourth-order valence-corrected chi connectivity index (χ4v) is 2.65. The van der Waals surface area contributed by atoms with E-state index < -0.39 is 86.5 Å². The van der Waals surface area contributed by atoms with Gasteiger partial charge < -0.3 is 46.2 Å². The number of carbonyl (C=O) groups is 4. The van der Waals surface area contributed by atoms with E-state index in [2.05, 4.69) is 10.6 Å². The smallest absolute Gasteiger partial charge is 0.322 e. The van der Waals surface area contributed by atoms with Crippen LogP contribution in [-0.4, -0.2) is 112 Å². The molecule has 0 aromatic carbocycles. The normalized spacial score (nSPS) is 27.0. The Hall–Kier alpha value is -2.36. The minimum atomic E-state index is -1.55. The maximum absolute atomic E-state index is 11.9. The summed E-state index contributed by atoms with van der Waals surface area (Å²) < 4.78 is 5.28. The molecule has 1 aliphatic heterocycles. The van der Waals surface area contributed by atoms with Crippen LogP contribution in [0, 0.1) is 0 Å². The van der Waals surface area contributed by atoms with Crippen molar-refractivity contribution in [1.82, 2.24) is 21.7 Å². The second-order valence-electron chi connectivity index (χ2n) is 6.66. The lowest BCUT2D eigenvalue weighted by molar-refractivity contribution is -0.230. The van der Waals surface area contributed by atoms with Crippen LogP contribution in [0.1, 0.15) is 12.8 Å². The van der Waals surface area contributed by atoms with Crippen molar-refractivity contribution in [2.45, 2.75) is 49.4 Å². The molecule has 30 heavy (non-hydrogen) atoms. The number of carbonyl (C=O) groups excluding carboxylic acids is 3. The molecule has 1 rings (SSSR count). The molecular formula is C16H27N4O10. The lowest BCUT2D eigenvalue weighted by Crippen LogP contribution is -2.58. The molecule has 14 heteroatoms. The number of aliphatic hydroxyl groups excluding tert-OH is 4. The molecule has 171 valence electrons. The number of rotatable bonds is 11. The number of amides is 3. The Morgan fingerprint density at radius 3 is 1.97 bits per heavy atom.